The Hall–Kier alpha value is -3.36. The number of para-hydroxylation sites is 1. The van der Waals surface area contributed by atoms with Crippen molar-refractivity contribution in [2.45, 2.75) is 12.5 Å². The molecule has 3 aromatic rings. The molecule has 2 aliphatic rings. The Bertz CT molecular complexity index is 1190. The van der Waals surface area contributed by atoms with E-state index in [9.17, 15) is 18.8 Å². The minimum atomic E-state index is -0.578. The summed E-state index contributed by atoms with van der Waals surface area (Å²) in [5.41, 5.74) is 1.69. The van der Waals surface area contributed by atoms with Crippen LogP contribution < -0.4 is 9.80 Å². The van der Waals surface area contributed by atoms with Crippen LogP contribution in [0.25, 0.3) is 0 Å². The Kier molecular flexibility index (Phi) is 5.78. The van der Waals surface area contributed by atoms with E-state index in [-0.39, 0.29) is 29.7 Å². The van der Waals surface area contributed by atoms with E-state index in [2.05, 4.69) is 4.90 Å². The van der Waals surface area contributed by atoms with Crippen LogP contribution in [0.2, 0.25) is 0 Å². The van der Waals surface area contributed by atoms with Crippen molar-refractivity contribution in [2.75, 3.05) is 36.0 Å². The normalized spacial score (nSPS) is 19.4. The van der Waals surface area contributed by atoms with Crippen LogP contribution in [0, 0.1) is 5.82 Å². The predicted molar refractivity (Wildman–Crippen MR) is 125 cm³/mol. The second kappa shape index (κ2) is 8.88. The molecule has 168 valence electrons. The van der Waals surface area contributed by atoms with Crippen molar-refractivity contribution < 1.29 is 18.8 Å². The second-order valence-corrected chi connectivity index (χ2v) is 9.06. The minimum absolute atomic E-state index is 0.0187. The molecule has 1 unspecified atom stereocenters. The molecule has 0 spiro atoms. The summed E-state index contributed by atoms with van der Waals surface area (Å²) in [5.74, 6) is -1.30. The first kappa shape index (κ1) is 21.5. The van der Waals surface area contributed by atoms with Gasteiger partial charge in [0.2, 0.25) is 11.7 Å². The molecule has 2 saturated heterocycles. The Morgan fingerprint density at radius 1 is 0.909 bits per heavy atom. The third-order valence-corrected chi connectivity index (χ3v) is 7.08. The van der Waals surface area contributed by atoms with E-state index in [1.165, 1.54) is 29.5 Å². The van der Waals surface area contributed by atoms with Crippen molar-refractivity contribution in [1.29, 1.82) is 0 Å². The summed E-state index contributed by atoms with van der Waals surface area (Å²) in [7, 11) is 0. The van der Waals surface area contributed by atoms with E-state index >= 15 is 0 Å². The molecule has 8 heteroatoms. The van der Waals surface area contributed by atoms with Gasteiger partial charge in [0, 0.05) is 37.4 Å². The fourth-order valence-electron chi connectivity index (χ4n) is 4.45. The second-order valence-electron chi connectivity index (χ2n) is 8.12. The standard InChI is InChI=1S/C25H22FN3O3S/c26-19-4-1-2-5-20(19)29-23(30)16-21(25(29)32)28-13-11-27(12-14-28)18-9-7-17(8-10-18)24(31)22-6-3-15-33-22/h1-10,15,21H,11-14,16H2. The number of benzene rings is 2. The number of anilines is 2. The highest BCUT2D eigenvalue weighted by atomic mass is 32.1. The van der Waals surface area contributed by atoms with Crippen molar-refractivity contribution in [3.05, 3.63) is 82.3 Å². The first-order valence-electron chi connectivity index (χ1n) is 10.8. The molecule has 2 fully saturated rings. The number of ketones is 1. The minimum Gasteiger partial charge on any atom is -0.369 e. The van der Waals surface area contributed by atoms with Gasteiger partial charge in [-0.1, -0.05) is 18.2 Å². The molecule has 1 atom stereocenters. The van der Waals surface area contributed by atoms with E-state index in [0.717, 1.165) is 15.5 Å². The molecule has 2 aromatic carbocycles. The molecule has 0 saturated carbocycles. The summed E-state index contributed by atoms with van der Waals surface area (Å²) in [6.07, 6.45) is 0.0622. The maximum absolute atomic E-state index is 14.2. The highest BCUT2D eigenvalue weighted by molar-refractivity contribution is 7.12. The van der Waals surface area contributed by atoms with Gasteiger partial charge in [-0.2, -0.15) is 0 Å². The molecule has 2 aliphatic heterocycles. The first-order valence-corrected chi connectivity index (χ1v) is 11.7. The number of imide groups is 1. The fraction of sp³-hybridized carbons (Fsp3) is 0.240. The van der Waals surface area contributed by atoms with E-state index in [1.54, 1.807) is 6.07 Å². The molecular formula is C25H22FN3O3S. The van der Waals surface area contributed by atoms with Crippen molar-refractivity contribution in [3.63, 3.8) is 0 Å². The van der Waals surface area contributed by atoms with Crippen molar-refractivity contribution in [1.82, 2.24) is 4.90 Å². The van der Waals surface area contributed by atoms with Gasteiger partial charge in [0.05, 0.1) is 23.0 Å². The lowest BCUT2D eigenvalue weighted by atomic mass is 10.1. The van der Waals surface area contributed by atoms with Crippen molar-refractivity contribution in [3.8, 4) is 0 Å². The van der Waals surface area contributed by atoms with Crippen LogP contribution in [0.15, 0.2) is 66.0 Å². The van der Waals surface area contributed by atoms with E-state index < -0.39 is 11.9 Å². The van der Waals surface area contributed by atoms with Crippen LogP contribution >= 0.6 is 11.3 Å². The van der Waals surface area contributed by atoms with Gasteiger partial charge >= 0.3 is 0 Å². The van der Waals surface area contributed by atoms with Crippen LogP contribution in [0.3, 0.4) is 0 Å². The lowest BCUT2D eigenvalue weighted by molar-refractivity contribution is -0.123. The lowest BCUT2D eigenvalue weighted by Gasteiger charge is -2.38. The largest absolute Gasteiger partial charge is 0.369 e. The highest BCUT2D eigenvalue weighted by Crippen LogP contribution is 2.29. The van der Waals surface area contributed by atoms with Gasteiger partial charge < -0.3 is 4.90 Å². The summed E-state index contributed by atoms with van der Waals surface area (Å²) < 4.78 is 14.2. The van der Waals surface area contributed by atoms with Crippen molar-refractivity contribution in [2.24, 2.45) is 0 Å². The number of carbonyl (C=O) groups excluding carboxylic acids is 3. The maximum Gasteiger partial charge on any atom is 0.251 e. The summed E-state index contributed by atoms with van der Waals surface area (Å²) in [4.78, 5) is 43.9. The number of carbonyl (C=O) groups is 3. The van der Waals surface area contributed by atoms with Gasteiger partial charge in [0.1, 0.15) is 5.82 Å². The van der Waals surface area contributed by atoms with Crippen LogP contribution in [-0.4, -0.2) is 54.7 Å². The first-order chi connectivity index (χ1) is 16.0. The fourth-order valence-corrected chi connectivity index (χ4v) is 5.14. The van der Waals surface area contributed by atoms with Gasteiger partial charge in [-0.05, 0) is 47.8 Å². The molecule has 0 radical (unpaired) electrons. The van der Waals surface area contributed by atoms with Crippen LogP contribution in [0.1, 0.15) is 21.7 Å². The summed E-state index contributed by atoms with van der Waals surface area (Å²) in [6.45, 7) is 2.61. The highest BCUT2D eigenvalue weighted by Gasteiger charge is 2.44. The van der Waals surface area contributed by atoms with E-state index in [0.29, 0.717) is 31.7 Å². The van der Waals surface area contributed by atoms with E-state index in [4.69, 9.17) is 0 Å². The third-order valence-electron chi connectivity index (χ3n) is 6.21. The Balaban J connectivity index is 1.22. The third kappa shape index (κ3) is 4.07. The zero-order valence-corrected chi connectivity index (χ0v) is 18.6. The van der Waals surface area contributed by atoms with Gasteiger partial charge in [-0.15, -0.1) is 11.3 Å². The van der Waals surface area contributed by atoms with Gasteiger partial charge in [-0.25, -0.2) is 9.29 Å². The summed E-state index contributed by atoms with van der Waals surface area (Å²) in [5, 5.41) is 1.89. The van der Waals surface area contributed by atoms with Crippen LogP contribution in [0.5, 0.6) is 0 Å². The molecule has 2 amide bonds. The molecule has 1 aromatic heterocycles. The number of rotatable bonds is 5. The monoisotopic (exact) mass is 463 g/mol. The van der Waals surface area contributed by atoms with Gasteiger partial charge in [-0.3, -0.25) is 19.3 Å². The van der Waals surface area contributed by atoms with Gasteiger partial charge in [0.15, 0.2) is 0 Å². The molecule has 6 nitrogen and oxygen atoms in total. The number of hydrogen-bond acceptors (Lipinski definition) is 6. The lowest BCUT2D eigenvalue weighted by Crippen LogP contribution is -2.52. The van der Waals surface area contributed by atoms with Crippen molar-refractivity contribution >= 4 is 40.3 Å². The molecule has 33 heavy (non-hydrogen) atoms. The average Bonchev–Trinajstić information content (AvgIpc) is 3.48. The molecule has 0 bridgehead atoms. The Morgan fingerprint density at radius 2 is 1.64 bits per heavy atom. The SMILES string of the molecule is O=C(c1ccc(N2CCN(C3CC(=O)N(c4ccccc4F)C3=O)CC2)cc1)c1cccs1. The average molecular weight is 464 g/mol. The van der Waals surface area contributed by atoms with Crippen LogP contribution in [-0.2, 0) is 9.59 Å². The zero-order valence-electron chi connectivity index (χ0n) is 17.8. The number of hydrogen-bond donors (Lipinski definition) is 0. The molecule has 0 aliphatic carbocycles. The maximum atomic E-state index is 14.2. The number of halogens is 1. The Morgan fingerprint density at radius 3 is 2.30 bits per heavy atom. The Labute approximate surface area is 194 Å². The molecular weight excluding hydrogens is 441 g/mol. The summed E-state index contributed by atoms with van der Waals surface area (Å²) >= 11 is 1.43. The molecule has 3 heterocycles. The number of amides is 2. The van der Waals surface area contributed by atoms with E-state index in [1.807, 2.05) is 46.7 Å². The number of piperazine rings is 1. The smallest absolute Gasteiger partial charge is 0.251 e. The predicted octanol–water partition coefficient (Wildman–Crippen LogP) is 3.57. The zero-order chi connectivity index (χ0) is 22.9. The topological polar surface area (TPSA) is 60.9 Å². The van der Waals surface area contributed by atoms with Gasteiger partial charge in [0.25, 0.3) is 5.91 Å². The summed E-state index contributed by atoms with van der Waals surface area (Å²) in [6, 6.07) is 16.6. The van der Waals surface area contributed by atoms with Crippen LogP contribution in [0.4, 0.5) is 15.8 Å². The number of thiophene rings is 1. The molecule has 5 rings (SSSR count). The number of nitrogens with zero attached hydrogens (tertiary/aromatic N) is 3. The molecule has 0 N–H and O–H groups in total. The quantitative estimate of drug-likeness (QED) is 0.428.